The Morgan fingerprint density at radius 2 is 1.85 bits per heavy atom. The fourth-order valence-corrected chi connectivity index (χ4v) is 4.77. The topological polar surface area (TPSA) is 104 Å². The predicted molar refractivity (Wildman–Crippen MR) is 99.6 cm³/mol. The Hall–Kier alpha value is -1.93. The normalized spacial score (nSPS) is 23.2. The van der Waals surface area contributed by atoms with Gasteiger partial charge in [0.05, 0.1) is 10.8 Å². The molecule has 1 aromatic carbocycles. The Kier molecular flexibility index (Phi) is 5.86. The lowest BCUT2D eigenvalue weighted by atomic mass is 9.90. The fourth-order valence-electron chi connectivity index (χ4n) is 3.47. The lowest BCUT2D eigenvalue weighted by Crippen LogP contribution is -2.45. The minimum Gasteiger partial charge on any atom is -0.481 e. The Morgan fingerprint density at radius 3 is 2.44 bits per heavy atom. The van der Waals surface area contributed by atoms with Crippen LogP contribution >= 0.6 is 0 Å². The summed E-state index contributed by atoms with van der Waals surface area (Å²) in [5.41, 5.74) is 0.883. The molecule has 0 radical (unpaired) electrons. The number of carbonyl (C=O) groups is 2. The highest BCUT2D eigenvalue weighted by Crippen LogP contribution is 2.24. The van der Waals surface area contributed by atoms with Gasteiger partial charge in [0, 0.05) is 25.6 Å². The molecule has 3 rings (SSSR count). The van der Waals surface area contributed by atoms with Gasteiger partial charge in [-0.1, -0.05) is 19.1 Å². The number of carboxylic acid groups (broad SMARTS) is 1. The Morgan fingerprint density at radius 1 is 1.19 bits per heavy atom. The van der Waals surface area contributed by atoms with Crippen LogP contribution in [0.1, 0.15) is 38.2 Å². The molecule has 27 heavy (non-hydrogen) atoms. The van der Waals surface area contributed by atoms with Crippen molar-refractivity contribution in [2.45, 2.75) is 50.0 Å². The predicted octanol–water partition coefficient (Wildman–Crippen LogP) is 1.63. The van der Waals surface area contributed by atoms with Gasteiger partial charge in [-0.05, 0) is 49.3 Å². The van der Waals surface area contributed by atoms with Crippen LogP contribution in [0.2, 0.25) is 0 Å². The molecule has 0 spiro atoms. The zero-order chi connectivity index (χ0) is 19.6. The summed E-state index contributed by atoms with van der Waals surface area (Å²) in [6.07, 6.45) is 3.15. The molecule has 1 aliphatic carbocycles. The van der Waals surface area contributed by atoms with E-state index in [-0.39, 0.29) is 35.7 Å². The van der Waals surface area contributed by atoms with Crippen molar-refractivity contribution in [2.75, 3.05) is 13.1 Å². The molecular weight excluding hydrogens is 368 g/mol. The average molecular weight is 394 g/mol. The first-order valence-electron chi connectivity index (χ1n) is 9.36. The number of aryl methyl sites for hydroxylation is 1. The van der Waals surface area contributed by atoms with E-state index in [2.05, 4.69) is 4.72 Å². The van der Waals surface area contributed by atoms with Crippen LogP contribution in [-0.4, -0.2) is 49.4 Å². The number of carboxylic acids is 1. The van der Waals surface area contributed by atoms with Gasteiger partial charge in [0.15, 0.2) is 0 Å². The van der Waals surface area contributed by atoms with E-state index in [1.165, 1.54) is 0 Å². The molecule has 1 amide bonds. The maximum absolute atomic E-state index is 12.5. The standard InChI is InChI=1S/C19H26N2O5S/c1-13-10-15(19(23)24)12-21(11-13)18(22)9-4-14-2-7-17(8-3-14)27(25,26)20-16-5-6-16/h2-3,7-8,13,15-16,20H,4-6,9-12H2,1H3,(H,23,24). The minimum atomic E-state index is -3.46. The molecule has 2 N–H and O–H groups in total. The molecule has 1 aromatic rings. The summed E-state index contributed by atoms with van der Waals surface area (Å²) in [5, 5.41) is 9.22. The van der Waals surface area contributed by atoms with Crippen LogP contribution in [0.15, 0.2) is 29.2 Å². The van der Waals surface area contributed by atoms with Crippen molar-refractivity contribution >= 4 is 21.9 Å². The molecule has 2 unspecified atom stereocenters. The van der Waals surface area contributed by atoms with Crippen LogP contribution in [0.25, 0.3) is 0 Å². The highest BCUT2D eigenvalue weighted by Gasteiger charge is 2.31. The second-order valence-electron chi connectivity index (χ2n) is 7.71. The van der Waals surface area contributed by atoms with Gasteiger partial charge in [-0.3, -0.25) is 9.59 Å². The minimum absolute atomic E-state index is 0.0556. The number of benzene rings is 1. The van der Waals surface area contributed by atoms with Gasteiger partial charge in [0.25, 0.3) is 0 Å². The van der Waals surface area contributed by atoms with Crippen molar-refractivity contribution in [3.05, 3.63) is 29.8 Å². The number of sulfonamides is 1. The lowest BCUT2D eigenvalue weighted by molar-refractivity contribution is -0.146. The number of carbonyl (C=O) groups excluding carboxylic acids is 1. The third kappa shape index (κ3) is 5.29. The smallest absolute Gasteiger partial charge is 0.308 e. The van der Waals surface area contributed by atoms with Gasteiger partial charge >= 0.3 is 5.97 Å². The van der Waals surface area contributed by atoms with E-state index in [1.807, 2.05) is 6.92 Å². The molecule has 2 atom stereocenters. The number of piperidine rings is 1. The summed E-state index contributed by atoms with van der Waals surface area (Å²) in [4.78, 5) is 25.6. The van der Waals surface area contributed by atoms with E-state index in [0.717, 1.165) is 18.4 Å². The number of likely N-dealkylation sites (tertiary alicyclic amines) is 1. The summed E-state index contributed by atoms with van der Waals surface area (Å²) in [6.45, 7) is 2.82. The number of nitrogens with zero attached hydrogens (tertiary/aromatic N) is 1. The number of nitrogens with one attached hydrogen (secondary N) is 1. The van der Waals surface area contributed by atoms with Crippen molar-refractivity contribution in [1.29, 1.82) is 0 Å². The third-order valence-electron chi connectivity index (χ3n) is 5.12. The number of hydrogen-bond acceptors (Lipinski definition) is 4. The zero-order valence-corrected chi connectivity index (χ0v) is 16.2. The molecule has 0 bridgehead atoms. The Bertz CT molecular complexity index is 802. The van der Waals surface area contributed by atoms with Crippen molar-refractivity contribution in [1.82, 2.24) is 9.62 Å². The molecular formula is C19H26N2O5S. The summed E-state index contributed by atoms with van der Waals surface area (Å²) < 4.78 is 27.0. The highest BCUT2D eigenvalue weighted by molar-refractivity contribution is 7.89. The second kappa shape index (κ2) is 7.98. The third-order valence-corrected chi connectivity index (χ3v) is 6.66. The number of hydrogen-bond donors (Lipinski definition) is 2. The van der Waals surface area contributed by atoms with E-state index >= 15 is 0 Å². The molecule has 7 nitrogen and oxygen atoms in total. The van der Waals surface area contributed by atoms with Crippen molar-refractivity contribution < 1.29 is 23.1 Å². The second-order valence-corrected chi connectivity index (χ2v) is 9.43. The average Bonchev–Trinajstić information content (AvgIpc) is 3.42. The van der Waals surface area contributed by atoms with E-state index in [0.29, 0.717) is 19.4 Å². The molecule has 2 aliphatic rings. The van der Waals surface area contributed by atoms with Crippen molar-refractivity contribution in [2.24, 2.45) is 11.8 Å². The lowest BCUT2D eigenvalue weighted by Gasteiger charge is -2.34. The molecule has 8 heteroatoms. The Labute approximate surface area is 159 Å². The van der Waals surface area contributed by atoms with E-state index in [1.54, 1.807) is 29.2 Å². The van der Waals surface area contributed by atoms with Gasteiger partial charge in [-0.25, -0.2) is 13.1 Å². The summed E-state index contributed by atoms with van der Waals surface area (Å²) in [5.74, 6) is -1.23. The fraction of sp³-hybridized carbons (Fsp3) is 0.579. The largest absolute Gasteiger partial charge is 0.481 e. The van der Waals surface area contributed by atoms with Gasteiger partial charge in [-0.15, -0.1) is 0 Å². The first-order chi connectivity index (χ1) is 12.7. The molecule has 148 valence electrons. The van der Waals surface area contributed by atoms with Crippen molar-refractivity contribution in [3.8, 4) is 0 Å². The van der Waals surface area contributed by atoms with E-state index in [9.17, 15) is 23.1 Å². The number of rotatable bonds is 7. The molecule has 1 aliphatic heterocycles. The zero-order valence-electron chi connectivity index (χ0n) is 15.4. The van der Waals surface area contributed by atoms with Gasteiger partial charge in [0.1, 0.15) is 0 Å². The van der Waals surface area contributed by atoms with Crippen molar-refractivity contribution in [3.63, 3.8) is 0 Å². The maximum atomic E-state index is 12.5. The monoisotopic (exact) mass is 394 g/mol. The first kappa shape index (κ1) is 19.8. The maximum Gasteiger partial charge on any atom is 0.308 e. The van der Waals surface area contributed by atoms with Crippen LogP contribution in [0.5, 0.6) is 0 Å². The van der Waals surface area contributed by atoms with E-state index < -0.39 is 21.9 Å². The SMILES string of the molecule is CC1CC(C(=O)O)CN(C(=O)CCc2ccc(S(=O)(=O)NC3CC3)cc2)C1. The number of amides is 1. The number of aliphatic carboxylic acids is 1. The highest BCUT2D eigenvalue weighted by atomic mass is 32.2. The van der Waals surface area contributed by atoms with Crippen LogP contribution in [-0.2, 0) is 26.0 Å². The Balaban J connectivity index is 1.54. The van der Waals surface area contributed by atoms with Gasteiger partial charge in [-0.2, -0.15) is 0 Å². The van der Waals surface area contributed by atoms with E-state index in [4.69, 9.17) is 0 Å². The van der Waals surface area contributed by atoms with Crippen LogP contribution in [0.3, 0.4) is 0 Å². The quantitative estimate of drug-likeness (QED) is 0.731. The summed E-state index contributed by atoms with van der Waals surface area (Å²) in [7, 11) is -3.46. The van der Waals surface area contributed by atoms with Crippen LogP contribution in [0, 0.1) is 11.8 Å². The van der Waals surface area contributed by atoms with Crippen LogP contribution in [0.4, 0.5) is 0 Å². The molecule has 2 fully saturated rings. The molecule has 1 saturated carbocycles. The summed E-state index contributed by atoms with van der Waals surface area (Å²) in [6, 6.07) is 6.65. The van der Waals surface area contributed by atoms with Gasteiger partial charge < -0.3 is 10.0 Å². The first-order valence-corrected chi connectivity index (χ1v) is 10.8. The molecule has 1 saturated heterocycles. The van der Waals surface area contributed by atoms with Gasteiger partial charge in [0.2, 0.25) is 15.9 Å². The molecule has 0 aromatic heterocycles. The molecule has 1 heterocycles. The van der Waals surface area contributed by atoms with Crippen LogP contribution < -0.4 is 4.72 Å². The summed E-state index contributed by atoms with van der Waals surface area (Å²) >= 11 is 0.